The maximum Gasteiger partial charge on any atom is 0.170 e. The Morgan fingerprint density at radius 2 is 2.04 bits per heavy atom. The molecule has 1 saturated heterocycles. The van der Waals surface area contributed by atoms with Crippen molar-refractivity contribution in [2.24, 2.45) is 0 Å². The van der Waals surface area contributed by atoms with E-state index in [0.29, 0.717) is 18.5 Å². The summed E-state index contributed by atoms with van der Waals surface area (Å²) in [5.74, 6) is -1.83. The number of aldehydes is 1. The number of hydrogen-bond donors (Lipinski definition) is 0. The molecule has 6 heteroatoms. The molecule has 1 aromatic heterocycles. The Morgan fingerprint density at radius 3 is 2.78 bits per heavy atom. The van der Waals surface area contributed by atoms with E-state index in [1.165, 1.54) is 18.2 Å². The molecule has 1 aliphatic rings. The molecule has 2 heterocycles. The van der Waals surface area contributed by atoms with Gasteiger partial charge in [0.15, 0.2) is 17.9 Å². The first kappa shape index (κ1) is 15.6. The van der Waals surface area contributed by atoms with Gasteiger partial charge in [-0.1, -0.05) is 24.3 Å². The highest BCUT2D eigenvalue weighted by atomic mass is 19.2. The number of halogens is 2. The van der Waals surface area contributed by atoms with Crippen molar-refractivity contribution in [3.05, 3.63) is 52.9 Å². The maximum absolute atomic E-state index is 13.6. The van der Waals surface area contributed by atoms with Crippen LogP contribution in [0.1, 0.15) is 47.1 Å². The van der Waals surface area contributed by atoms with Gasteiger partial charge in [0.1, 0.15) is 11.9 Å². The minimum atomic E-state index is -0.917. The van der Waals surface area contributed by atoms with Crippen LogP contribution in [0.2, 0.25) is 0 Å². The molecule has 0 saturated carbocycles. The van der Waals surface area contributed by atoms with Crippen molar-refractivity contribution in [3.8, 4) is 0 Å². The van der Waals surface area contributed by atoms with Crippen LogP contribution in [-0.4, -0.2) is 22.7 Å². The molecule has 120 valence electrons. The second kappa shape index (κ2) is 6.83. The van der Waals surface area contributed by atoms with Crippen LogP contribution in [0.4, 0.5) is 8.78 Å². The van der Waals surface area contributed by atoms with Gasteiger partial charge in [0.2, 0.25) is 0 Å². The summed E-state index contributed by atoms with van der Waals surface area (Å²) in [5, 5.41) is 4.21. The Hall–Kier alpha value is -2.34. The quantitative estimate of drug-likeness (QED) is 0.805. The molecule has 3 rings (SSSR count). The molecule has 4 nitrogen and oxygen atoms in total. The molecule has 1 aromatic carbocycles. The minimum absolute atomic E-state index is 0.114. The van der Waals surface area contributed by atoms with E-state index in [1.54, 1.807) is 17.0 Å². The highest BCUT2D eigenvalue weighted by Gasteiger charge is 2.18. The van der Waals surface area contributed by atoms with Crippen LogP contribution in [-0.2, 0) is 4.74 Å². The van der Waals surface area contributed by atoms with E-state index in [4.69, 9.17) is 4.74 Å². The Bertz CT molecular complexity index is 734. The fourth-order valence-electron chi connectivity index (χ4n) is 2.55. The van der Waals surface area contributed by atoms with Gasteiger partial charge in [-0.05, 0) is 25.3 Å². The average molecular weight is 318 g/mol. The van der Waals surface area contributed by atoms with Gasteiger partial charge in [-0.3, -0.25) is 4.79 Å². The molecule has 0 amide bonds. The molecule has 0 N–H and O–H groups in total. The number of carbonyl (C=O) groups excluding carboxylic acids is 1. The summed E-state index contributed by atoms with van der Waals surface area (Å²) in [5.41, 5.74) is 0.897. The van der Waals surface area contributed by atoms with Crippen molar-refractivity contribution in [1.82, 2.24) is 9.78 Å². The molecule has 23 heavy (non-hydrogen) atoms. The molecule has 1 fully saturated rings. The largest absolute Gasteiger partial charge is 0.357 e. The molecular weight excluding hydrogens is 302 g/mol. The number of benzene rings is 1. The molecule has 0 spiro atoms. The molecule has 0 bridgehead atoms. The van der Waals surface area contributed by atoms with Crippen LogP contribution in [0, 0.1) is 11.6 Å². The van der Waals surface area contributed by atoms with Gasteiger partial charge in [0.05, 0.1) is 0 Å². The predicted octanol–water partition coefficient (Wildman–Crippen LogP) is 3.84. The molecule has 1 unspecified atom stereocenters. The van der Waals surface area contributed by atoms with Crippen molar-refractivity contribution < 1.29 is 18.3 Å². The minimum Gasteiger partial charge on any atom is -0.357 e. The van der Waals surface area contributed by atoms with Crippen molar-refractivity contribution >= 4 is 18.4 Å². The van der Waals surface area contributed by atoms with Crippen LogP contribution >= 0.6 is 0 Å². The summed E-state index contributed by atoms with van der Waals surface area (Å²) in [4.78, 5) is 11.2. The van der Waals surface area contributed by atoms with E-state index < -0.39 is 11.6 Å². The molecule has 1 aliphatic heterocycles. The van der Waals surface area contributed by atoms with Gasteiger partial charge < -0.3 is 4.74 Å². The van der Waals surface area contributed by atoms with E-state index >= 15 is 0 Å². The van der Waals surface area contributed by atoms with Gasteiger partial charge in [-0.15, -0.1) is 0 Å². The Balaban J connectivity index is 1.87. The first-order valence-electron chi connectivity index (χ1n) is 7.47. The van der Waals surface area contributed by atoms with Crippen LogP contribution in [0.25, 0.3) is 12.2 Å². The average Bonchev–Trinajstić information content (AvgIpc) is 3.00. The summed E-state index contributed by atoms with van der Waals surface area (Å²) in [7, 11) is 0. The summed E-state index contributed by atoms with van der Waals surface area (Å²) < 4.78 is 34.1. The van der Waals surface area contributed by atoms with E-state index in [1.807, 2.05) is 0 Å². The summed E-state index contributed by atoms with van der Waals surface area (Å²) in [6, 6.07) is 3.95. The predicted molar refractivity (Wildman–Crippen MR) is 81.7 cm³/mol. The lowest BCUT2D eigenvalue weighted by Crippen LogP contribution is -2.18. The first-order valence-corrected chi connectivity index (χ1v) is 7.47. The lowest BCUT2D eigenvalue weighted by atomic mass is 10.1. The lowest BCUT2D eigenvalue weighted by Gasteiger charge is -2.22. The molecule has 0 radical (unpaired) electrons. The zero-order valence-electron chi connectivity index (χ0n) is 12.4. The van der Waals surface area contributed by atoms with E-state index in [-0.39, 0.29) is 17.5 Å². The zero-order valence-corrected chi connectivity index (χ0v) is 12.4. The van der Waals surface area contributed by atoms with E-state index in [9.17, 15) is 13.6 Å². The monoisotopic (exact) mass is 318 g/mol. The van der Waals surface area contributed by atoms with Crippen molar-refractivity contribution in [2.45, 2.75) is 25.5 Å². The highest BCUT2D eigenvalue weighted by molar-refractivity contribution is 5.82. The fraction of sp³-hybridized carbons (Fsp3) is 0.294. The molecular formula is C17H16F2N2O2. The van der Waals surface area contributed by atoms with Crippen molar-refractivity contribution in [3.63, 3.8) is 0 Å². The van der Waals surface area contributed by atoms with Crippen molar-refractivity contribution in [1.29, 1.82) is 0 Å². The summed E-state index contributed by atoms with van der Waals surface area (Å²) in [6.07, 6.45) is 8.01. The number of carbonyl (C=O) groups is 1. The third kappa shape index (κ3) is 3.37. The van der Waals surface area contributed by atoms with Gasteiger partial charge in [0, 0.05) is 23.9 Å². The normalized spacial score (nSPS) is 18.4. The molecule has 2 aromatic rings. The Kier molecular flexibility index (Phi) is 4.62. The van der Waals surface area contributed by atoms with E-state index in [2.05, 4.69) is 5.10 Å². The third-order valence-corrected chi connectivity index (χ3v) is 3.78. The van der Waals surface area contributed by atoms with Gasteiger partial charge >= 0.3 is 0 Å². The molecule has 0 aliphatic carbocycles. The third-order valence-electron chi connectivity index (χ3n) is 3.78. The van der Waals surface area contributed by atoms with Crippen LogP contribution in [0.15, 0.2) is 24.4 Å². The second-order valence-electron chi connectivity index (χ2n) is 5.37. The number of rotatable bonds is 4. The highest BCUT2D eigenvalue weighted by Crippen LogP contribution is 2.23. The second-order valence-corrected chi connectivity index (χ2v) is 5.37. The Labute approximate surface area is 132 Å². The van der Waals surface area contributed by atoms with Gasteiger partial charge in [0.25, 0.3) is 0 Å². The summed E-state index contributed by atoms with van der Waals surface area (Å²) >= 11 is 0. The van der Waals surface area contributed by atoms with Crippen LogP contribution in [0.3, 0.4) is 0 Å². The van der Waals surface area contributed by atoms with Crippen molar-refractivity contribution in [2.75, 3.05) is 6.61 Å². The van der Waals surface area contributed by atoms with Crippen LogP contribution in [0.5, 0.6) is 0 Å². The van der Waals surface area contributed by atoms with Gasteiger partial charge in [-0.25, -0.2) is 13.5 Å². The van der Waals surface area contributed by atoms with Crippen LogP contribution < -0.4 is 0 Å². The van der Waals surface area contributed by atoms with Gasteiger partial charge in [-0.2, -0.15) is 5.10 Å². The topological polar surface area (TPSA) is 44.1 Å². The smallest absolute Gasteiger partial charge is 0.170 e. The number of hydrogen-bond acceptors (Lipinski definition) is 3. The maximum atomic E-state index is 13.6. The Morgan fingerprint density at radius 1 is 1.22 bits per heavy atom. The summed E-state index contributed by atoms with van der Waals surface area (Å²) in [6.45, 7) is 0.667. The number of nitrogens with zero attached hydrogens (tertiary/aromatic N) is 2. The fourth-order valence-corrected chi connectivity index (χ4v) is 2.55. The number of ether oxygens (including phenoxy) is 1. The standard InChI is InChI=1S/C17H16F2N2O2/c18-14-5-3-4-12(17(14)19)7-8-13-10-21(20-15(13)11-22)16-6-1-2-9-23-16/h3-5,7-8,10-11,16H,1-2,6,9H2/b8-7+. The zero-order chi connectivity index (χ0) is 16.2. The SMILES string of the molecule is O=Cc1nn(C2CCCCO2)cc1/C=C/c1cccc(F)c1F. The van der Waals surface area contributed by atoms with E-state index in [0.717, 1.165) is 25.3 Å². The molecule has 1 atom stereocenters. The lowest BCUT2D eigenvalue weighted by molar-refractivity contribution is -0.0395. The number of aromatic nitrogens is 2. The first-order chi connectivity index (χ1) is 11.2.